The summed E-state index contributed by atoms with van der Waals surface area (Å²) in [5, 5.41) is 3.45. The molecule has 0 spiro atoms. The monoisotopic (exact) mass is 440 g/mol. The lowest BCUT2D eigenvalue weighted by atomic mass is 10.1. The lowest BCUT2D eigenvalue weighted by molar-refractivity contribution is 0.287. The van der Waals surface area contributed by atoms with Gasteiger partial charge in [0, 0.05) is 26.7 Å². The number of furan rings is 1. The summed E-state index contributed by atoms with van der Waals surface area (Å²) >= 11 is 0. The highest BCUT2D eigenvalue weighted by Gasteiger charge is 2.13. The molecule has 6 heteroatoms. The van der Waals surface area contributed by atoms with Crippen molar-refractivity contribution in [1.82, 2.24) is 15.1 Å². The molecule has 1 aromatic heterocycles. The minimum atomic E-state index is 0. The maximum absolute atomic E-state index is 5.42. The van der Waals surface area contributed by atoms with Crippen molar-refractivity contribution in [2.75, 3.05) is 27.2 Å². The van der Waals surface area contributed by atoms with Crippen molar-refractivity contribution in [3.8, 4) is 0 Å². The first-order valence-electron chi connectivity index (χ1n) is 7.99. The summed E-state index contributed by atoms with van der Waals surface area (Å²) in [5.41, 5.74) is 2.64. The summed E-state index contributed by atoms with van der Waals surface area (Å²) in [5.74, 6) is 1.98. The van der Waals surface area contributed by atoms with Crippen LogP contribution in [0.1, 0.15) is 16.9 Å². The fourth-order valence-electron chi connectivity index (χ4n) is 2.80. The number of hydrogen-bond donors (Lipinski definition) is 1. The molecule has 0 unspecified atom stereocenters. The second kappa shape index (κ2) is 9.08. The molecule has 0 saturated heterocycles. The molecule has 1 N–H and O–H groups in total. The van der Waals surface area contributed by atoms with Crippen LogP contribution in [0.15, 0.2) is 52.1 Å². The first kappa shape index (κ1) is 18.8. The minimum absolute atomic E-state index is 0. The topological polar surface area (TPSA) is 44.0 Å². The third kappa shape index (κ3) is 4.98. The SMILES string of the molecule is CN(Cc1ccco1)Cc1ccccc1CNC1=NCCN1C.I. The van der Waals surface area contributed by atoms with Gasteiger partial charge in [-0.3, -0.25) is 9.89 Å². The number of guanidine groups is 1. The van der Waals surface area contributed by atoms with Crippen LogP contribution in [-0.4, -0.2) is 42.9 Å². The average molecular weight is 440 g/mol. The third-order valence-corrected chi connectivity index (χ3v) is 4.06. The normalized spacial score (nSPS) is 13.8. The molecule has 1 aliphatic heterocycles. The Labute approximate surface area is 160 Å². The van der Waals surface area contributed by atoms with Crippen molar-refractivity contribution in [1.29, 1.82) is 0 Å². The van der Waals surface area contributed by atoms with Crippen molar-refractivity contribution in [3.63, 3.8) is 0 Å². The molecule has 0 amide bonds. The minimum Gasteiger partial charge on any atom is -0.468 e. The quantitative estimate of drug-likeness (QED) is 0.702. The Kier molecular flexibility index (Phi) is 7.11. The van der Waals surface area contributed by atoms with Crippen molar-refractivity contribution < 1.29 is 4.42 Å². The van der Waals surface area contributed by atoms with Gasteiger partial charge in [0.1, 0.15) is 5.76 Å². The van der Waals surface area contributed by atoms with Gasteiger partial charge in [-0.1, -0.05) is 24.3 Å². The molecule has 2 heterocycles. The van der Waals surface area contributed by atoms with E-state index < -0.39 is 0 Å². The standard InChI is InChI=1S/C18H24N4O.HI/c1-21(14-17-8-5-11-23-17)13-16-7-4-3-6-15(16)12-20-18-19-9-10-22(18)2;/h3-8,11H,9-10,12-14H2,1-2H3,(H,19,20);1H. The van der Waals surface area contributed by atoms with E-state index in [0.29, 0.717) is 0 Å². The highest BCUT2D eigenvalue weighted by Crippen LogP contribution is 2.13. The van der Waals surface area contributed by atoms with Crippen LogP contribution in [0.4, 0.5) is 0 Å². The van der Waals surface area contributed by atoms with Gasteiger partial charge in [-0.2, -0.15) is 0 Å². The number of nitrogens with zero attached hydrogens (tertiary/aromatic N) is 3. The lowest BCUT2D eigenvalue weighted by Crippen LogP contribution is -2.35. The van der Waals surface area contributed by atoms with Crippen molar-refractivity contribution in [3.05, 3.63) is 59.5 Å². The Morgan fingerprint density at radius 3 is 2.62 bits per heavy atom. The Balaban J connectivity index is 0.00000208. The van der Waals surface area contributed by atoms with Gasteiger partial charge in [-0.05, 0) is 30.3 Å². The molecular weight excluding hydrogens is 415 g/mol. The molecule has 1 aromatic carbocycles. The van der Waals surface area contributed by atoms with Gasteiger partial charge in [-0.15, -0.1) is 24.0 Å². The van der Waals surface area contributed by atoms with Crippen molar-refractivity contribution in [2.45, 2.75) is 19.6 Å². The Morgan fingerprint density at radius 1 is 1.17 bits per heavy atom. The third-order valence-electron chi connectivity index (χ3n) is 4.06. The maximum Gasteiger partial charge on any atom is 0.194 e. The van der Waals surface area contributed by atoms with E-state index in [-0.39, 0.29) is 24.0 Å². The van der Waals surface area contributed by atoms with E-state index in [1.165, 1.54) is 11.1 Å². The van der Waals surface area contributed by atoms with Gasteiger partial charge in [0.25, 0.3) is 0 Å². The average Bonchev–Trinajstić information content (AvgIpc) is 3.18. The Hall–Kier alpha value is -1.54. The Bertz CT molecular complexity index is 657. The predicted octanol–water partition coefficient (Wildman–Crippen LogP) is 2.92. The van der Waals surface area contributed by atoms with Gasteiger partial charge in [0.15, 0.2) is 5.96 Å². The zero-order chi connectivity index (χ0) is 16.1. The number of hydrogen-bond acceptors (Lipinski definition) is 5. The zero-order valence-electron chi connectivity index (χ0n) is 14.2. The number of aliphatic imine (C=N–C) groups is 1. The van der Waals surface area contributed by atoms with E-state index in [2.05, 4.69) is 58.5 Å². The summed E-state index contributed by atoms with van der Waals surface area (Å²) in [6.07, 6.45) is 1.72. The number of rotatable bonds is 6. The van der Waals surface area contributed by atoms with Crippen LogP contribution >= 0.6 is 24.0 Å². The van der Waals surface area contributed by atoms with Crippen molar-refractivity contribution in [2.24, 2.45) is 4.99 Å². The molecule has 0 atom stereocenters. The number of benzene rings is 1. The molecule has 0 fully saturated rings. The Morgan fingerprint density at radius 2 is 1.96 bits per heavy atom. The molecular formula is C18H25IN4O. The summed E-state index contributed by atoms with van der Waals surface area (Å²) in [6, 6.07) is 12.5. The molecule has 0 saturated carbocycles. The highest BCUT2D eigenvalue weighted by atomic mass is 127. The summed E-state index contributed by atoms with van der Waals surface area (Å²) in [4.78, 5) is 8.90. The molecule has 0 aliphatic carbocycles. The molecule has 5 nitrogen and oxygen atoms in total. The molecule has 2 aromatic rings. The van der Waals surface area contributed by atoms with Gasteiger partial charge < -0.3 is 14.6 Å². The van der Waals surface area contributed by atoms with E-state index in [0.717, 1.165) is 44.4 Å². The first-order chi connectivity index (χ1) is 11.2. The first-order valence-corrected chi connectivity index (χ1v) is 7.99. The second-order valence-corrected chi connectivity index (χ2v) is 6.00. The predicted molar refractivity (Wildman–Crippen MR) is 108 cm³/mol. The van der Waals surface area contributed by atoms with Crippen LogP contribution in [0.3, 0.4) is 0 Å². The van der Waals surface area contributed by atoms with Crippen LogP contribution in [0.2, 0.25) is 0 Å². The molecule has 130 valence electrons. The number of likely N-dealkylation sites (N-methyl/N-ethyl adjacent to an activating group) is 1. The van der Waals surface area contributed by atoms with Crippen LogP contribution in [0, 0.1) is 0 Å². The molecule has 1 aliphatic rings. The number of halogens is 1. The van der Waals surface area contributed by atoms with E-state index in [1.54, 1.807) is 6.26 Å². The lowest BCUT2D eigenvalue weighted by Gasteiger charge is -2.19. The van der Waals surface area contributed by atoms with E-state index in [4.69, 9.17) is 4.42 Å². The summed E-state index contributed by atoms with van der Waals surface area (Å²) in [7, 11) is 4.18. The van der Waals surface area contributed by atoms with Gasteiger partial charge in [-0.25, -0.2) is 0 Å². The van der Waals surface area contributed by atoms with Gasteiger partial charge in [0.2, 0.25) is 0 Å². The molecule has 0 radical (unpaired) electrons. The van der Waals surface area contributed by atoms with Crippen LogP contribution < -0.4 is 5.32 Å². The van der Waals surface area contributed by atoms with E-state index in [1.807, 2.05) is 12.1 Å². The molecule has 24 heavy (non-hydrogen) atoms. The summed E-state index contributed by atoms with van der Waals surface area (Å²) < 4.78 is 5.42. The van der Waals surface area contributed by atoms with E-state index >= 15 is 0 Å². The van der Waals surface area contributed by atoms with Crippen molar-refractivity contribution >= 4 is 29.9 Å². The van der Waals surface area contributed by atoms with Gasteiger partial charge in [0.05, 0.1) is 19.4 Å². The maximum atomic E-state index is 5.42. The second-order valence-electron chi connectivity index (χ2n) is 6.00. The fourth-order valence-corrected chi connectivity index (χ4v) is 2.80. The molecule has 3 rings (SSSR count). The number of nitrogens with one attached hydrogen (secondary N) is 1. The van der Waals surface area contributed by atoms with E-state index in [9.17, 15) is 0 Å². The highest BCUT2D eigenvalue weighted by molar-refractivity contribution is 14.0. The zero-order valence-corrected chi connectivity index (χ0v) is 16.6. The molecule has 0 bridgehead atoms. The fraction of sp³-hybridized carbons (Fsp3) is 0.389. The summed E-state index contributed by atoms with van der Waals surface area (Å²) in [6.45, 7) is 4.38. The van der Waals surface area contributed by atoms with Crippen LogP contribution in [0.5, 0.6) is 0 Å². The van der Waals surface area contributed by atoms with Crippen LogP contribution in [0.25, 0.3) is 0 Å². The smallest absolute Gasteiger partial charge is 0.194 e. The van der Waals surface area contributed by atoms with Crippen LogP contribution in [-0.2, 0) is 19.6 Å². The van der Waals surface area contributed by atoms with Gasteiger partial charge >= 0.3 is 0 Å². The largest absolute Gasteiger partial charge is 0.468 e.